The van der Waals surface area contributed by atoms with Crippen LogP contribution in [0.25, 0.3) is 0 Å². The molecule has 0 bridgehead atoms. The van der Waals surface area contributed by atoms with Gasteiger partial charge in [0.15, 0.2) is 5.76 Å². The first kappa shape index (κ1) is 17.4. The molecular formula is C16H16Cl2N2O3. The Morgan fingerprint density at radius 3 is 2.65 bits per heavy atom. The lowest BCUT2D eigenvalue weighted by Crippen LogP contribution is -2.31. The van der Waals surface area contributed by atoms with Gasteiger partial charge in [-0.1, -0.05) is 29.3 Å². The molecule has 7 heteroatoms. The minimum absolute atomic E-state index is 0.0872. The molecule has 0 aliphatic carbocycles. The van der Waals surface area contributed by atoms with Crippen molar-refractivity contribution >= 4 is 35.0 Å². The molecule has 5 nitrogen and oxygen atoms in total. The highest BCUT2D eigenvalue weighted by Crippen LogP contribution is 2.23. The zero-order valence-electron chi connectivity index (χ0n) is 12.5. The van der Waals surface area contributed by atoms with Crippen molar-refractivity contribution in [3.8, 4) is 0 Å². The van der Waals surface area contributed by atoms with Gasteiger partial charge < -0.3 is 14.6 Å². The quantitative estimate of drug-likeness (QED) is 0.864. The summed E-state index contributed by atoms with van der Waals surface area (Å²) in [6.45, 7) is 0.659. The molecule has 0 spiro atoms. The summed E-state index contributed by atoms with van der Waals surface area (Å²) in [6, 6.07) is 8.43. The molecule has 0 aliphatic rings. The van der Waals surface area contributed by atoms with E-state index in [0.717, 1.165) is 5.56 Å². The Balaban J connectivity index is 1.78. The number of carbonyl (C=O) groups is 2. The second-order valence-corrected chi connectivity index (χ2v) is 5.80. The molecule has 0 radical (unpaired) electrons. The van der Waals surface area contributed by atoms with Crippen LogP contribution in [0.3, 0.4) is 0 Å². The van der Waals surface area contributed by atoms with E-state index in [1.807, 2.05) is 6.07 Å². The van der Waals surface area contributed by atoms with Gasteiger partial charge in [0.1, 0.15) is 0 Å². The van der Waals surface area contributed by atoms with Crippen molar-refractivity contribution in [3.63, 3.8) is 0 Å². The molecule has 0 fully saturated rings. The van der Waals surface area contributed by atoms with Gasteiger partial charge in [0.2, 0.25) is 5.91 Å². The van der Waals surface area contributed by atoms with Gasteiger partial charge in [0.25, 0.3) is 5.91 Å². The Bertz CT molecular complexity index is 687. The summed E-state index contributed by atoms with van der Waals surface area (Å²) in [5.74, 6) is -0.202. The van der Waals surface area contributed by atoms with E-state index in [4.69, 9.17) is 27.6 Å². The van der Waals surface area contributed by atoms with Crippen molar-refractivity contribution in [2.24, 2.45) is 0 Å². The lowest BCUT2D eigenvalue weighted by molar-refractivity contribution is -0.130. The number of halogens is 2. The molecule has 23 heavy (non-hydrogen) atoms. The van der Waals surface area contributed by atoms with Gasteiger partial charge in [0, 0.05) is 26.6 Å². The van der Waals surface area contributed by atoms with Crippen LogP contribution in [0.4, 0.5) is 0 Å². The molecule has 122 valence electrons. The topological polar surface area (TPSA) is 62.6 Å². The molecule has 2 rings (SSSR count). The van der Waals surface area contributed by atoms with Crippen LogP contribution in [-0.4, -0.2) is 30.3 Å². The molecule has 1 aromatic carbocycles. The number of rotatable bonds is 6. The molecule has 0 atom stereocenters. The summed E-state index contributed by atoms with van der Waals surface area (Å²) in [5.41, 5.74) is 0.884. The van der Waals surface area contributed by atoms with Gasteiger partial charge in [-0.2, -0.15) is 0 Å². The smallest absolute Gasteiger partial charge is 0.286 e. The van der Waals surface area contributed by atoms with Crippen molar-refractivity contribution in [3.05, 3.63) is 58.0 Å². The second-order valence-electron chi connectivity index (χ2n) is 4.98. The Morgan fingerprint density at radius 1 is 1.22 bits per heavy atom. The number of hydrogen-bond acceptors (Lipinski definition) is 3. The SMILES string of the molecule is CN(Cc1ccc(Cl)c(Cl)c1)C(=O)CCNC(=O)c1ccco1. The van der Waals surface area contributed by atoms with Gasteiger partial charge in [-0.3, -0.25) is 9.59 Å². The number of amides is 2. The fraction of sp³-hybridized carbons (Fsp3) is 0.250. The van der Waals surface area contributed by atoms with Crippen molar-refractivity contribution in [1.29, 1.82) is 0 Å². The first-order valence-electron chi connectivity index (χ1n) is 6.97. The number of nitrogens with one attached hydrogen (secondary N) is 1. The molecule has 0 unspecified atom stereocenters. The van der Waals surface area contributed by atoms with E-state index in [2.05, 4.69) is 5.32 Å². The first-order chi connectivity index (χ1) is 11.0. The van der Waals surface area contributed by atoms with Gasteiger partial charge in [-0.15, -0.1) is 0 Å². The lowest BCUT2D eigenvalue weighted by Gasteiger charge is -2.17. The number of carbonyl (C=O) groups excluding carboxylic acids is 2. The maximum Gasteiger partial charge on any atom is 0.286 e. The molecule has 0 aliphatic heterocycles. The predicted molar refractivity (Wildman–Crippen MR) is 88.6 cm³/mol. The zero-order chi connectivity index (χ0) is 16.8. The molecule has 1 heterocycles. The van der Waals surface area contributed by atoms with Crippen LogP contribution >= 0.6 is 23.2 Å². The maximum absolute atomic E-state index is 12.1. The average molecular weight is 355 g/mol. The predicted octanol–water partition coefficient (Wildman–Crippen LogP) is 3.36. The normalized spacial score (nSPS) is 10.4. The summed E-state index contributed by atoms with van der Waals surface area (Å²) in [7, 11) is 1.69. The lowest BCUT2D eigenvalue weighted by atomic mass is 10.2. The van der Waals surface area contributed by atoms with E-state index < -0.39 is 0 Å². The van der Waals surface area contributed by atoms with E-state index in [0.29, 0.717) is 16.6 Å². The molecule has 0 saturated heterocycles. The van der Waals surface area contributed by atoms with Crippen LogP contribution in [-0.2, 0) is 11.3 Å². The minimum Gasteiger partial charge on any atom is -0.459 e. The third-order valence-corrected chi connectivity index (χ3v) is 3.94. The van der Waals surface area contributed by atoms with Crippen LogP contribution < -0.4 is 5.32 Å². The van der Waals surface area contributed by atoms with Gasteiger partial charge >= 0.3 is 0 Å². The number of furan rings is 1. The number of nitrogens with zero attached hydrogens (tertiary/aromatic N) is 1. The third-order valence-electron chi connectivity index (χ3n) is 3.20. The van der Waals surface area contributed by atoms with Crippen molar-refractivity contribution in [2.75, 3.05) is 13.6 Å². The minimum atomic E-state index is -0.338. The largest absolute Gasteiger partial charge is 0.459 e. The second kappa shape index (κ2) is 8.04. The zero-order valence-corrected chi connectivity index (χ0v) is 14.0. The van der Waals surface area contributed by atoms with Gasteiger partial charge in [-0.25, -0.2) is 0 Å². The maximum atomic E-state index is 12.1. The molecule has 2 amide bonds. The van der Waals surface area contributed by atoms with Gasteiger partial charge in [0.05, 0.1) is 16.3 Å². The number of hydrogen-bond donors (Lipinski definition) is 1. The Labute approximate surface area is 144 Å². The fourth-order valence-corrected chi connectivity index (χ4v) is 2.29. The Hall–Kier alpha value is -1.98. The standard InChI is InChI=1S/C16H16Cl2N2O3/c1-20(10-11-4-5-12(17)13(18)9-11)15(21)6-7-19-16(22)14-3-2-8-23-14/h2-5,8-9H,6-7,10H2,1H3,(H,19,22). The van der Waals surface area contributed by atoms with Gasteiger partial charge in [-0.05, 0) is 29.8 Å². The summed E-state index contributed by atoms with van der Waals surface area (Å²) in [5, 5.41) is 3.56. The summed E-state index contributed by atoms with van der Waals surface area (Å²) in [4.78, 5) is 25.3. The summed E-state index contributed by atoms with van der Waals surface area (Å²) >= 11 is 11.8. The van der Waals surface area contributed by atoms with Crippen LogP contribution in [0.5, 0.6) is 0 Å². The highest BCUT2D eigenvalue weighted by Gasteiger charge is 2.12. The average Bonchev–Trinajstić information content (AvgIpc) is 3.05. The van der Waals surface area contributed by atoms with Crippen molar-refractivity contribution in [2.45, 2.75) is 13.0 Å². The highest BCUT2D eigenvalue weighted by molar-refractivity contribution is 6.42. The van der Waals surface area contributed by atoms with Crippen molar-refractivity contribution in [1.82, 2.24) is 10.2 Å². The molecule has 2 aromatic rings. The van der Waals surface area contributed by atoms with E-state index >= 15 is 0 Å². The van der Waals surface area contributed by atoms with E-state index in [1.165, 1.54) is 6.26 Å². The molecule has 1 N–H and O–H groups in total. The van der Waals surface area contributed by atoms with E-state index in [-0.39, 0.29) is 30.5 Å². The third kappa shape index (κ3) is 5.01. The molecular weight excluding hydrogens is 339 g/mol. The van der Waals surface area contributed by atoms with Crippen LogP contribution in [0.2, 0.25) is 10.0 Å². The first-order valence-corrected chi connectivity index (χ1v) is 7.72. The monoisotopic (exact) mass is 354 g/mol. The number of benzene rings is 1. The molecule has 0 saturated carbocycles. The van der Waals surface area contributed by atoms with E-state index in [1.54, 1.807) is 36.2 Å². The highest BCUT2D eigenvalue weighted by atomic mass is 35.5. The van der Waals surface area contributed by atoms with E-state index in [9.17, 15) is 9.59 Å². The molecule has 1 aromatic heterocycles. The Morgan fingerprint density at radius 2 is 2.00 bits per heavy atom. The van der Waals surface area contributed by atoms with Crippen LogP contribution in [0, 0.1) is 0 Å². The Kier molecular flexibility index (Phi) is 6.07. The van der Waals surface area contributed by atoms with Crippen LogP contribution in [0.15, 0.2) is 41.0 Å². The fourth-order valence-electron chi connectivity index (χ4n) is 1.97. The van der Waals surface area contributed by atoms with Crippen LogP contribution in [0.1, 0.15) is 22.5 Å². The summed E-state index contributed by atoms with van der Waals surface area (Å²) < 4.78 is 4.97. The summed E-state index contributed by atoms with van der Waals surface area (Å²) in [6.07, 6.45) is 1.62. The van der Waals surface area contributed by atoms with Crippen molar-refractivity contribution < 1.29 is 14.0 Å².